The van der Waals surface area contributed by atoms with Gasteiger partial charge in [-0.3, -0.25) is 4.79 Å². The van der Waals surface area contributed by atoms with Crippen LogP contribution in [-0.4, -0.2) is 28.7 Å². The molecular weight excluding hydrogens is 292 g/mol. The maximum atomic E-state index is 12.2. The van der Waals surface area contributed by atoms with Crippen molar-refractivity contribution >= 4 is 28.8 Å². The SMILES string of the molecule is Cc1nc(CN(C)C(=O)c2ccccc2)sc1CCCl. The number of aryl methyl sites for hydroxylation is 2. The zero-order valence-electron chi connectivity index (χ0n) is 11.6. The smallest absolute Gasteiger partial charge is 0.253 e. The van der Waals surface area contributed by atoms with Crippen LogP contribution < -0.4 is 0 Å². The van der Waals surface area contributed by atoms with Gasteiger partial charge in [0.05, 0.1) is 12.2 Å². The normalized spacial score (nSPS) is 10.6. The lowest BCUT2D eigenvalue weighted by Gasteiger charge is -2.15. The Kier molecular flexibility index (Phi) is 5.15. The Bertz CT molecular complexity index is 583. The van der Waals surface area contributed by atoms with Crippen molar-refractivity contribution in [3.05, 3.63) is 51.5 Å². The van der Waals surface area contributed by atoms with Crippen LogP contribution in [0, 0.1) is 6.92 Å². The first-order chi connectivity index (χ1) is 9.61. The van der Waals surface area contributed by atoms with E-state index in [0.717, 1.165) is 17.1 Å². The molecule has 0 saturated carbocycles. The van der Waals surface area contributed by atoms with Gasteiger partial charge in [-0.25, -0.2) is 4.98 Å². The average molecular weight is 309 g/mol. The lowest BCUT2D eigenvalue weighted by Crippen LogP contribution is -2.26. The molecule has 0 bridgehead atoms. The minimum Gasteiger partial charge on any atom is -0.335 e. The van der Waals surface area contributed by atoms with E-state index in [1.807, 2.05) is 37.3 Å². The fourth-order valence-corrected chi connectivity index (χ4v) is 3.37. The number of thiazole rings is 1. The molecule has 0 unspecified atom stereocenters. The number of amides is 1. The Morgan fingerprint density at radius 1 is 1.35 bits per heavy atom. The second-order valence-corrected chi connectivity index (χ2v) is 6.13. The molecule has 1 aromatic carbocycles. The highest BCUT2D eigenvalue weighted by Gasteiger charge is 2.14. The predicted octanol–water partition coefficient (Wildman–Crippen LogP) is 3.51. The fraction of sp³-hybridized carbons (Fsp3) is 0.333. The second kappa shape index (κ2) is 6.86. The summed E-state index contributed by atoms with van der Waals surface area (Å²) in [6.07, 6.45) is 0.835. The number of benzene rings is 1. The Labute approximate surface area is 128 Å². The molecule has 20 heavy (non-hydrogen) atoms. The maximum absolute atomic E-state index is 12.2. The van der Waals surface area contributed by atoms with E-state index in [9.17, 15) is 4.79 Å². The van der Waals surface area contributed by atoms with Gasteiger partial charge in [0.25, 0.3) is 5.91 Å². The number of carbonyl (C=O) groups excluding carboxylic acids is 1. The molecule has 0 saturated heterocycles. The van der Waals surface area contributed by atoms with Crippen molar-refractivity contribution in [1.29, 1.82) is 0 Å². The van der Waals surface area contributed by atoms with Crippen LogP contribution in [0.2, 0.25) is 0 Å². The number of hydrogen-bond donors (Lipinski definition) is 0. The molecule has 0 atom stereocenters. The molecule has 5 heteroatoms. The average Bonchev–Trinajstić information content (AvgIpc) is 2.79. The number of halogens is 1. The lowest BCUT2D eigenvalue weighted by molar-refractivity contribution is 0.0785. The number of hydrogen-bond acceptors (Lipinski definition) is 3. The molecule has 106 valence electrons. The quantitative estimate of drug-likeness (QED) is 0.792. The first-order valence-electron chi connectivity index (χ1n) is 6.43. The molecular formula is C15H17ClN2OS. The minimum absolute atomic E-state index is 0.0114. The number of aromatic nitrogens is 1. The Balaban J connectivity index is 2.06. The topological polar surface area (TPSA) is 33.2 Å². The van der Waals surface area contributed by atoms with E-state index in [2.05, 4.69) is 4.98 Å². The summed E-state index contributed by atoms with van der Waals surface area (Å²) < 4.78 is 0. The van der Waals surface area contributed by atoms with E-state index < -0.39 is 0 Å². The van der Waals surface area contributed by atoms with Gasteiger partial charge < -0.3 is 4.90 Å². The van der Waals surface area contributed by atoms with Crippen LogP contribution in [0.1, 0.15) is 25.9 Å². The predicted molar refractivity (Wildman–Crippen MR) is 83.5 cm³/mol. The van der Waals surface area contributed by atoms with Crippen molar-refractivity contribution < 1.29 is 4.79 Å². The van der Waals surface area contributed by atoms with Crippen LogP contribution in [0.4, 0.5) is 0 Å². The van der Waals surface area contributed by atoms with Crippen LogP contribution in [0.25, 0.3) is 0 Å². The van der Waals surface area contributed by atoms with Gasteiger partial charge in [0.15, 0.2) is 0 Å². The van der Waals surface area contributed by atoms with Crippen LogP contribution in [-0.2, 0) is 13.0 Å². The second-order valence-electron chi connectivity index (χ2n) is 4.58. The summed E-state index contributed by atoms with van der Waals surface area (Å²) in [6, 6.07) is 9.29. The molecule has 0 spiro atoms. The van der Waals surface area contributed by atoms with E-state index in [4.69, 9.17) is 11.6 Å². The van der Waals surface area contributed by atoms with Crippen LogP contribution in [0.3, 0.4) is 0 Å². The number of alkyl halides is 1. The summed E-state index contributed by atoms with van der Waals surface area (Å²) >= 11 is 7.40. The molecule has 3 nitrogen and oxygen atoms in total. The zero-order valence-corrected chi connectivity index (χ0v) is 13.2. The summed E-state index contributed by atoms with van der Waals surface area (Å²) in [4.78, 5) is 19.7. The summed E-state index contributed by atoms with van der Waals surface area (Å²) in [5, 5.41) is 0.953. The van der Waals surface area contributed by atoms with Gasteiger partial charge in [-0.05, 0) is 25.5 Å². The summed E-state index contributed by atoms with van der Waals surface area (Å²) in [7, 11) is 1.80. The van der Waals surface area contributed by atoms with Gasteiger partial charge in [0, 0.05) is 23.4 Å². The van der Waals surface area contributed by atoms with Gasteiger partial charge in [-0.2, -0.15) is 0 Å². The van der Waals surface area contributed by atoms with Crippen LogP contribution >= 0.6 is 22.9 Å². The Hall–Kier alpha value is -1.39. The number of carbonyl (C=O) groups is 1. The van der Waals surface area contributed by atoms with Gasteiger partial charge in [-0.15, -0.1) is 22.9 Å². The molecule has 2 rings (SSSR count). The Morgan fingerprint density at radius 3 is 2.70 bits per heavy atom. The highest BCUT2D eigenvalue weighted by molar-refractivity contribution is 7.11. The first kappa shape index (κ1) is 15.0. The van der Waals surface area contributed by atoms with Gasteiger partial charge in [-0.1, -0.05) is 18.2 Å². The van der Waals surface area contributed by atoms with Crippen molar-refractivity contribution in [2.75, 3.05) is 12.9 Å². The van der Waals surface area contributed by atoms with Crippen molar-refractivity contribution in [2.45, 2.75) is 19.9 Å². The third-order valence-corrected chi connectivity index (χ3v) is 4.39. The zero-order chi connectivity index (χ0) is 14.5. The molecule has 1 amide bonds. The van der Waals surface area contributed by atoms with E-state index in [0.29, 0.717) is 18.0 Å². The van der Waals surface area contributed by atoms with E-state index in [-0.39, 0.29) is 5.91 Å². The summed E-state index contributed by atoms with van der Waals surface area (Å²) in [5.41, 5.74) is 1.72. The number of rotatable bonds is 5. The van der Waals surface area contributed by atoms with Gasteiger partial charge in [0.1, 0.15) is 5.01 Å². The highest BCUT2D eigenvalue weighted by Crippen LogP contribution is 2.20. The largest absolute Gasteiger partial charge is 0.335 e. The van der Waals surface area contributed by atoms with Crippen molar-refractivity contribution in [1.82, 2.24) is 9.88 Å². The molecule has 0 aliphatic carbocycles. The molecule has 0 aliphatic heterocycles. The van der Waals surface area contributed by atoms with Gasteiger partial charge >= 0.3 is 0 Å². The van der Waals surface area contributed by atoms with Crippen molar-refractivity contribution in [3.8, 4) is 0 Å². The van der Waals surface area contributed by atoms with Crippen LogP contribution in [0.15, 0.2) is 30.3 Å². The monoisotopic (exact) mass is 308 g/mol. The molecule has 0 aliphatic rings. The fourth-order valence-electron chi connectivity index (χ4n) is 1.95. The maximum Gasteiger partial charge on any atom is 0.253 e. The Morgan fingerprint density at radius 2 is 2.05 bits per heavy atom. The van der Waals surface area contributed by atoms with E-state index in [1.165, 1.54) is 4.88 Å². The molecule has 1 aromatic heterocycles. The molecule has 2 aromatic rings. The minimum atomic E-state index is 0.0114. The highest BCUT2D eigenvalue weighted by atomic mass is 35.5. The van der Waals surface area contributed by atoms with E-state index in [1.54, 1.807) is 23.3 Å². The van der Waals surface area contributed by atoms with E-state index >= 15 is 0 Å². The molecule has 0 fully saturated rings. The van der Waals surface area contributed by atoms with Crippen LogP contribution in [0.5, 0.6) is 0 Å². The first-order valence-corrected chi connectivity index (χ1v) is 7.78. The molecule has 0 N–H and O–H groups in total. The summed E-state index contributed by atoms with van der Waals surface area (Å²) in [6.45, 7) is 2.52. The third kappa shape index (κ3) is 3.58. The molecule has 1 heterocycles. The number of nitrogens with zero attached hydrogens (tertiary/aromatic N) is 2. The summed E-state index contributed by atoms with van der Waals surface area (Å²) in [5.74, 6) is 0.610. The lowest BCUT2D eigenvalue weighted by atomic mass is 10.2. The standard InChI is InChI=1S/C15H17ClN2OS/c1-11-13(8-9-16)20-14(17-11)10-18(2)15(19)12-6-4-3-5-7-12/h3-7H,8-10H2,1-2H3. The van der Waals surface area contributed by atoms with Crippen molar-refractivity contribution in [2.24, 2.45) is 0 Å². The molecule has 0 radical (unpaired) electrons. The van der Waals surface area contributed by atoms with Crippen molar-refractivity contribution in [3.63, 3.8) is 0 Å². The third-order valence-electron chi connectivity index (χ3n) is 3.00. The van der Waals surface area contributed by atoms with Gasteiger partial charge in [0.2, 0.25) is 0 Å².